The number of rotatable bonds is 5. The van der Waals surface area contributed by atoms with Gasteiger partial charge in [0.1, 0.15) is 0 Å². The van der Waals surface area contributed by atoms with E-state index in [0.717, 1.165) is 6.21 Å². The molecule has 0 heterocycles. The van der Waals surface area contributed by atoms with Crippen LogP contribution in [0.15, 0.2) is 0 Å². The fraction of sp³-hybridized carbons (Fsp3) is 0.714. The summed E-state index contributed by atoms with van der Waals surface area (Å²) in [7, 11) is 0. The van der Waals surface area contributed by atoms with Crippen molar-refractivity contribution in [3.63, 3.8) is 0 Å². The van der Waals surface area contributed by atoms with Crippen LogP contribution >= 0.6 is 0 Å². The number of aliphatic carboxylic acids is 1. The number of hydrogen-bond donors (Lipinski definition) is 2. The van der Waals surface area contributed by atoms with E-state index in [9.17, 15) is 4.79 Å². The van der Waals surface area contributed by atoms with Crippen molar-refractivity contribution in [3.8, 4) is 0 Å². The molecule has 64 valence electrons. The maximum absolute atomic E-state index is 10.6. The first kappa shape index (κ1) is 10.1. The third kappa shape index (κ3) is 2.01. The minimum absolute atomic E-state index is 0.277. The molecule has 2 N–H and O–H groups in total. The molecule has 0 fully saturated rings. The molecule has 0 rings (SSSR count). The summed E-state index contributed by atoms with van der Waals surface area (Å²) in [6.07, 6.45) is 1.11. The van der Waals surface area contributed by atoms with Gasteiger partial charge in [0.05, 0.1) is 0 Å². The van der Waals surface area contributed by atoms with Crippen molar-refractivity contribution >= 4 is 12.2 Å². The second-order valence-electron chi connectivity index (χ2n) is 2.13. The monoisotopic (exact) mass is 159 g/mol. The van der Waals surface area contributed by atoms with Crippen LogP contribution in [0.25, 0.3) is 0 Å². The predicted octanol–water partition coefficient (Wildman–Crippen LogP) is 0.906. The van der Waals surface area contributed by atoms with E-state index < -0.39 is 11.6 Å². The normalized spacial score (nSPS) is 15.5. The Morgan fingerprint density at radius 3 is 2.36 bits per heavy atom. The molecule has 0 spiro atoms. The van der Waals surface area contributed by atoms with Gasteiger partial charge in [-0.25, -0.2) is 4.79 Å². The van der Waals surface area contributed by atoms with Crippen LogP contribution in [0, 0.1) is 5.41 Å². The molecule has 1 atom stereocenters. The topological polar surface area (TPSA) is 70.4 Å². The van der Waals surface area contributed by atoms with Crippen molar-refractivity contribution in [2.45, 2.75) is 25.9 Å². The lowest BCUT2D eigenvalue weighted by Crippen LogP contribution is -2.42. The minimum atomic E-state index is -1.41. The van der Waals surface area contributed by atoms with E-state index in [4.69, 9.17) is 15.3 Å². The number of nitrogens with one attached hydrogen (secondary N) is 1. The van der Waals surface area contributed by atoms with Crippen LogP contribution in [0.3, 0.4) is 0 Å². The molecule has 0 saturated heterocycles. The fourth-order valence-corrected chi connectivity index (χ4v) is 0.778. The summed E-state index contributed by atoms with van der Waals surface area (Å²) < 4.78 is 4.95. The van der Waals surface area contributed by atoms with E-state index in [2.05, 4.69) is 0 Å². The van der Waals surface area contributed by atoms with Crippen LogP contribution in [0.2, 0.25) is 0 Å². The zero-order chi connectivity index (χ0) is 8.91. The summed E-state index contributed by atoms with van der Waals surface area (Å²) in [6, 6.07) is 0. The average Bonchev–Trinajstić information content (AvgIpc) is 2.00. The van der Waals surface area contributed by atoms with Gasteiger partial charge in [0.15, 0.2) is 5.60 Å². The summed E-state index contributed by atoms with van der Waals surface area (Å²) in [5.41, 5.74) is -1.41. The standard InChI is InChI=1S/C7H13NO3/c1-3-7(5-8,6(9)10)11-4-2/h5,8H,3-4H2,1-2H3,(H,9,10). The molecule has 0 aromatic carbocycles. The summed E-state index contributed by atoms with van der Waals surface area (Å²) in [4.78, 5) is 10.6. The zero-order valence-corrected chi connectivity index (χ0v) is 6.76. The molecular formula is C7H13NO3. The van der Waals surface area contributed by atoms with Crippen molar-refractivity contribution in [2.24, 2.45) is 0 Å². The van der Waals surface area contributed by atoms with Crippen molar-refractivity contribution < 1.29 is 14.6 Å². The lowest BCUT2D eigenvalue weighted by Gasteiger charge is -2.22. The number of hydrogen-bond acceptors (Lipinski definition) is 3. The molecule has 4 nitrogen and oxygen atoms in total. The van der Waals surface area contributed by atoms with Gasteiger partial charge in [-0.15, -0.1) is 0 Å². The molecule has 0 bridgehead atoms. The van der Waals surface area contributed by atoms with Gasteiger partial charge in [0.25, 0.3) is 0 Å². The maximum Gasteiger partial charge on any atom is 0.341 e. The van der Waals surface area contributed by atoms with Gasteiger partial charge in [-0.1, -0.05) is 6.92 Å². The van der Waals surface area contributed by atoms with E-state index in [1.807, 2.05) is 0 Å². The molecule has 0 aromatic rings. The van der Waals surface area contributed by atoms with Crippen molar-refractivity contribution in [3.05, 3.63) is 0 Å². The summed E-state index contributed by atoms with van der Waals surface area (Å²) in [5.74, 6) is -1.10. The number of carboxylic acids is 1. The van der Waals surface area contributed by atoms with E-state index in [-0.39, 0.29) is 6.42 Å². The molecule has 0 aliphatic heterocycles. The Morgan fingerprint density at radius 1 is 1.73 bits per heavy atom. The largest absolute Gasteiger partial charge is 0.479 e. The van der Waals surface area contributed by atoms with Gasteiger partial charge in [0, 0.05) is 12.8 Å². The van der Waals surface area contributed by atoms with E-state index in [1.54, 1.807) is 13.8 Å². The zero-order valence-electron chi connectivity index (χ0n) is 6.76. The van der Waals surface area contributed by atoms with Crippen LogP contribution in [-0.2, 0) is 9.53 Å². The van der Waals surface area contributed by atoms with Gasteiger partial charge in [-0.3, -0.25) is 0 Å². The predicted molar refractivity (Wildman–Crippen MR) is 41.1 cm³/mol. The summed E-state index contributed by atoms with van der Waals surface area (Å²) >= 11 is 0. The first-order valence-corrected chi connectivity index (χ1v) is 3.52. The van der Waals surface area contributed by atoms with Crippen LogP contribution in [0.4, 0.5) is 0 Å². The van der Waals surface area contributed by atoms with Gasteiger partial charge in [0.2, 0.25) is 0 Å². The van der Waals surface area contributed by atoms with Crippen LogP contribution < -0.4 is 0 Å². The number of ether oxygens (including phenoxy) is 1. The molecule has 0 aromatic heterocycles. The van der Waals surface area contributed by atoms with E-state index in [0.29, 0.717) is 6.61 Å². The Morgan fingerprint density at radius 2 is 2.27 bits per heavy atom. The second kappa shape index (κ2) is 4.08. The first-order chi connectivity index (χ1) is 5.13. The Kier molecular flexibility index (Phi) is 3.74. The van der Waals surface area contributed by atoms with Crippen molar-refractivity contribution in [2.75, 3.05) is 6.61 Å². The van der Waals surface area contributed by atoms with Gasteiger partial charge in [-0.05, 0) is 13.3 Å². The SMILES string of the molecule is CCOC(C=N)(CC)C(=O)O. The van der Waals surface area contributed by atoms with Gasteiger partial charge >= 0.3 is 5.97 Å². The minimum Gasteiger partial charge on any atom is -0.479 e. The average molecular weight is 159 g/mol. The highest BCUT2D eigenvalue weighted by Crippen LogP contribution is 2.12. The molecular weight excluding hydrogens is 146 g/mol. The van der Waals surface area contributed by atoms with Crippen molar-refractivity contribution in [1.29, 1.82) is 5.41 Å². The third-order valence-electron chi connectivity index (χ3n) is 1.52. The van der Waals surface area contributed by atoms with E-state index >= 15 is 0 Å². The molecule has 0 amide bonds. The lowest BCUT2D eigenvalue weighted by atomic mass is 10.0. The van der Waals surface area contributed by atoms with Crippen LogP contribution in [-0.4, -0.2) is 29.5 Å². The molecule has 4 heteroatoms. The maximum atomic E-state index is 10.6. The Hall–Kier alpha value is -0.900. The lowest BCUT2D eigenvalue weighted by molar-refractivity contribution is -0.156. The molecule has 0 aliphatic rings. The second-order valence-corrected chi connectivity index (χ2v) is 2.13. The van der Waals surface area contributed by atoms with E-state index in [1.165, 1.54) is 0 Å². The highest BCUT2D eigenvalue weighted by atomic mass is 16.5. The molecule has 0 aliphatic carbocycles. The quantitative estimate of drug-likeness (QED) is 0.585. The van der Waals surface area contributed by atoms with Crippen LogP contribution in [0.5, 0.6) is 0 Å². The molecule has 1 unspecified atom stereocenters. The summed E-state index contributed by atoms with van der Waals surface area (Å²) in [6.45, 7) is 3.68. The molecule has 0 saturated carbocycles. The Balaban J connectivity index is 4.45. The van der Waals surface area contributed by atoms with Crippen molar-refractivity contribution in [1.82, 2.24) is 0 Å². The third-order valence-corrected chi connectivity index (χ3v) is 1.52. The number of carbonyl (C=O) groups is 1. The Labute approximate surface area is 65.7 Å². The highest BCUT2D eigenvalue weighted by Gasteiger charge is 2.34. The molecule has 11 heavy (non-hydrogen) atoms. The Bertz CT molecular complexity index is 158. The number of carboxylic acid groups (broad SMARTS) is 1. The molecule has 0 radical (unpaired) electrons. The van der Waals surface area contributed by atoms with Crippen LogP contribution in [0.1, 0.15) is 20.3 Å². The fourth-order valence-electron chi connectivity index (χ4n) is 0.778. The first-order valence-electron chi connectivity index (χ1n) is 3.52. The van der Waals surface area contributed by atoms with Gasteiger partial charge < -0.3 is 15.3 Å². The highest BCUT2D eigenvalue weighted by molar-refractivity contribution is 5.96. The summed E-state index contributed by atoms with van der Waals surface area (Å²) in [5, 5.41) is 15.6. The van der Waals surface area contributed by atoms with Gasteiger partial charge in [-0.2, -0.15) is 0 Å². The smallest absolute Gasteiger partial charge is 0.341 e.